The fraction of sp³-hybridized carbons (Fsp3) is 0.280. The molecule has 3 aromatic carbocycles. The normalized spacial score (nSPS) is 14.4. The number of alkyl halides is 3. The van der Waals surface area contributed by atoms with E-state index in [2.05, 4.69) is 5.32 Å². The van der Waals surface area contributed by atoms with Crippen LogP contribution >= 0.6 is 0 Å². The first kappa shape index (κ1) is 22.6. The Morgan fingerprint density at radius 3 is 2.33 bits per heavy atom. The van der Waals surface area contributed by atoms with Crippen molar-refractivity contribution in [2.45, 2.75) is 12.6 Å². The zero-order chi connectivity index (χ0) is 23.4. The van der Waals surface area contributed by atoms with Crippen molar-refractivity contribution in [1.82, 2.24) is 10.2 Å². The van der Waals surface area contributed by atoms with Gasteiger partial charge >= 0.3 is 6.18 Å². The first-order chi connectivity index (χ1) is 15.8. The Labute approximate surface area is 189 Å². The van der Waals surface area contributed by atoms with Crippen LogP contribution in [0.15, 0.2) is 66.7 Å². The predicted octanol–water partition coefficient (Wildman–Crippen LogP) is 3.87. The number of piperazine rings is 1. The highest BCUT2D eigenvalue weighted by Crippen LogP contribution is 2.31. The topological polar surface area (TPSA) is 52.7 Å². The average Bonchev–Trinajstić information content (AvgIpc) is 2.82. The first-order valence-corrected chi connectivity index (χ1v) is 10.7. The van der Waals surface area contributed by atoms with Crippen LogP contribution in [0.2, 0.25) is 0 Å². The summed E-state index contributed by atoms with van der Waals surface area (Å²) in [6.45, 7) is 1.52. The van der Waals surface area contributed by atoms with E-state index in [1.165, 1.54) is 6.07 Å². The van der Waals surface area contributed by atoms with E-state index < -0.39 is 11.7 Å². The van der Waals surface area contributed by atoms with Gasteiger partial charge in [-0.2, -0.15) is 13.2 Å². The van der Waals surface area contributed by atoms with Gasteiger partial charge in [0.15, 0.2) is 0 Å². The average molecular weight is 455 g/mol. The molecule has 1 saturated heterocycles. The number of anilines is 1. The Morgan fingerprint density at radius 1 is 0.879 bits per heavy atom. The molecule has 0 atom stereocenters. The smallest absolute Gasteiger partial charge is 0.368 e. The van der Waals surface area contributed by atoms with Crippen molar-refractivity contribution in [1.29, 1.82) is 0 Å². The van der Waals surface area contributed by atoms with E-state index in [4.69, 9.17) is 0 Å². The molecule has 0 aliphatic carbocycles. The van der Waals surface area contributed by atoms with Crippen LogP contribution < -0.4 is 10.2 Å². The summed E-state index contributed by atoms with van der Waals surface area (Å²) in [5, 5.41) is 4.75. The minimum absolute atomic E-state index is 0.104. The second-order valence-corrected chi connectivity index (χ2v) is 8.01. The van der Waals surface area contributed by atoms with Gasteiger partial charge < -0.3 is 15.1 Å². The van der Waals surface area contributed by atoms with Gasteiger partial charge in [0.25, 0.3) is 0 Å². The van der Waals surface area contributed by atoms with E-state index in [9.17, 15) is 22.8 Å². The number of carbonyl (C=O) groups excluding carboxylic acids is 2. The molecular weight excluding hydrogens is 431 g/mol. The molecule has 172 valence electrons. The lowest BCUT2D eigenvalue weighted by Crippen LogP contribution is -2.51. The fourth-order valence-corrected chi connectivity index (χ4v) is 4.06. The van der Waals surface area contributed by atoms with Crippen molar-refractivity contribution in [3.05, 3.63) is 77.9 Å². The molecule has 8 heteroatoms. The molecule has 1 N–H and O–H groups in total. The van der Waals surface area contributed by atoms with Crippen LogP contribution in [-0.4, -0.2) is 49.4 Å². The van der Waals surface area contributed by atoms with E-state index >= 15 is 0 Å². The number of nitrogens with zero attached hydrogens (tertiary/aromatic N) is 2. The molecule has 5 nitrogen and oxygen atoms in total. The van der Waals surface area contributed by atoms with Crippen LogP contribution in [0, 0.1) is 0 Å². The quantitative estimate of drug-likeness (QED) is 0.636. The van der Waals surface area contributed by atoms with Crippen molar-refractivity contribution < 1.29 is 22.8 Å². The minimum Gasteiger partial charge on any atom is -0.368 e. The first-order valence-electron chi connectivity index (χ1n) is 10.7. The fourth-order valence-electron chi connectivity index (χ4n) is 4.06. The van der Waals surface area contributed by atoms with Crippen LogP contribution in [0.4, 0.5) is 18.9 Å². The Hall–Kier alpha value is -3.55. The second-order valence-electron chi connectivity index (χ2n) is 8.01. The molecule has 0 radical (unpaired) electrons. The summed E-state index contributed by atoms with van der Waals surface area (Å²) in [5.74, 6) is -0.438. The highest BCUT2D eigenvalue weighted by atomic mass is 19.4. The Morgan fingerprint density at radius 2 is 1.58 bits per heavy atom. The van der Waals surface area contributed by atoms with Gasteiger partial charge in [-0.05, 0) is 34.5 Å². The third-order valence-electron chi connectivity index (χ3n) is 5.84. The second kappa shape index (κ2) is 9.52. The van der Waals surface area contributed by atoms with Crippen molar-refractivity contribution in [2.24, 2.45) is 0 Å². The minimum atomic E-state index is -4.39. The maximum Gasteiger partial charge on any atom is 0.416 e. The highest BCUT2D eigenvalue weighted by Gasteiger charge is 2.31. The zero-order valence-corrected chi connectivity index (χ0v) is 17.9. The molecule has 1 fully saturated rings. The lowest BCUT2D eigenvalue weighted by molar-refractivity contribution is -0.137. The van der Waals surface area contributed by atoms with Crippen molar-refractivity contribution >= 4 is 28.3 Å². The van der Waals surface area contributed by atoms with Gasteiger partial charge in [0.1, 0.15) is 0 Å². The van der Waals surface area contributed by atoms with Gasteiger partial charge in [-0.1, -0.05) is 48.5 Å². The number of fused-ring (bicyclic) bond motifs is 1. The summed E-state index contributed by atoms with van der Waals surface area (Å²) in [5.41, 5.74) is 0.695. The van der Waals surface area contributed by atoms with E-state index in [0.717, 1.165) is 28.5 Å². The number of nitrogens with one attached hydrogen (secondary N) is 1. The largest absolute Gasteiger partial charge is 0.416 e. The van der Waals surface area contributed by atoms with Crippen LogP contribution in [-0.2, 0) is 22.2 Å². The molecule has 0 bridgehead atoms. The van der Waals surface area contributed by atoms with Gasteiger partial charge in [0.2, 0.25) is 11.8 Å². The maximum absolute atomic E-state index is 13.0. The molecule has 3 aromatic rings. The zero-order valence-electron chi connectivity index (χ0n) is 17.9. The third kappa shape index (κ3) is 5.45. The van der Waals surface area contributed by atoms with Crippen LogP contribution in [0.3, 0.4) is 0 Å². The lowest BCUT2D eigenvalue weighted by Gasteiger charge is -2.36. The van der Waals surface area contributed by atoms with E-state index in [1.54, 1.807) is 11.0 Å². The Balaban J connectivity index is 1.28. The number of hydrogen-bond acceptors (Lipinski definition) is 3. The van der Waals surface area contributed by atoms with Crippen molar-refractivity contribution in [3.63, 3.8) is 0 Å². The molecule has 1 heterocycles. The SMILES string of the molecule is O=C(Cc1cccc2ccccc12)NCC(=O)N1CCN(c2cccc(C(F)(F)F)c2)CC1. The number of carbonyl (C=O) groups is 2. The monoisotopic (exact) mass is 455 g/mol. The molecule has 4 rings (SSSR count). The highest BCUT2D eigenvalue weighted by molar-refractivity contribution is 5.91. The number of halogens is 3. The Bertz CT molecular complexity index is 1150. The summed E-state index contributed by atoms with van der Waals surface area (Å²) >= 11 is 0. The summed E-state index contributed by atoms with van der Waals surface area (Å²) in [6, 6.07) is 18.8. The number of rotatable bonds is 5. The molecule has 33 heavy (non-hydrogen) atoms. The van der Waals surface area contributed by atoms with Crippen molar-refractivity contribution in [2.75, 3.05) is 37.6 Å². The number of amides is 2. The summed E-state index contributed by atoms with van der Waals surface area (Å²) in [7, 11) is 0. The standard InChI is InChI=1S/C25H24F3N3O2/c26-25(27,28)20-8-4-9-21(16-20)30-11-13-31(14-12-30)24(33)17-29-23(32)15-19-7-3-6-18-5-1-2-10-22(18)19/h1-10,16H,11-15,17H2,(H,29,32). The van der Waals surface area contributed by atoms with E-state index in [0.29, 0.717) is 31.9 Å². The summed E-state index contributed by atoms with van der Waals surface area (Å²) in [6.07, 6.45) is -4.21. The Kier molecular flexibility index (Phi) is 6.53. The number of benzene rings is 3. The summed E-state index contributed by atoms with van der Waals surface area (Å²) in [4.78, 5) is 28.4. The molecule has 0 aromatic heterocycles. The molecule has 0 spiro atoms. The van der Waals surface area contributed by atoms with Crippen molar-refractivity contribution in [3.8, 4) is 0 Å². The van der Waals surface area contributed by atoms with E-state index in [1.807, 2.05) is 47.4 Å². The molecule has 1 aliphatic heterocycles. The molecule has 1 aliphatic rings. The van der Waals surface area contributed by atoms with Crippen LogP contribution in [0.1, 0.15) is 11.1 Å². The molecule has 0 unspecified atom stereocenters. The third-order valence-corrected chi connectivity index (χ3v) is 5.84. The van der Waals surface area contributed by atoms with Gasteiger partial charge in [-0.15, -0.1) is 0 Å². The molecule has 0 saturated carbocycles. The predicted molar refractivity (Wildman–Crippen MR) is 121 cm³/mol. The van der Waals surface area contributed by atoms with E-state index in [-0.39, 0.29) is 24.8 Å². The van der Waals surface area contributed by atoms with Gasteiger partial charge in [-0.3, -0.25) is 9.59 Å². The van der Waals surface area contributed by atoms with Gasteiger partial charge in [0, 0.05) is 31.9 Å². The summed E-state index contributed by atoms with van der Waals surface area (Å²) < 4.78 is 38.9. The molecule has 2 amide bonds. The van der Waals surface area contributed by atoms with Gasteiger partial charge in [0.05, 0.1) is 18.5 Å². The maximum atomic E-state index is 13.0. The van der Waals surface area contributed by atoms with Crippen LogP contribution in [0.5, 0.6) is 0 Å². The van der Waals surface area contributed by atoms with Gasteiger partial charge in [-0.25, -0.2) is 0 Å². The number of hydrogen-bond donors (Lipinski definition) is 1. The lowest BCUT2D eigenvalue weighted by atomic mass is 10.0. The molecular formula is C25H24F3N3O2. The van der Waals surface area contributed by atoms with Crippen LogP contribution in [0.25, 0.3) is 10.8 Å².